The zero-order valence-corrected chi connectivity index (χ0v) is 10.7. The molecule has 0 radical (unpaired) electrons. The summed E-state index contributed by atoms with van der Waals surface area (Å²) in [5.74, 6) is 0.883. The van der Waals surface area contributed by atoms with Crippen LogP contribution in [0.1, 0.15) is 32.8 Å². The van der Waals surface area contributed by atoms with Crippen LogP contribution in [-0.2, 0) is 6.61 Å². The molecule has 0 saturated carbocycles. The van der Waals surface area contributed by atoms with E-state index in [0.717, 1.165) is 6.42 Å². The van der Waals surface area contributed by atoms with Crippen molar-refractivity contribution < 1.29 is 14.2 Å². The Hall–Kier alpha value is -1.09. The van der Waals surface area contributed by atoms with Crippen molar-refractivity contribution in [2.24, 2.45) is 11.8 Å². The number of aliphatic hydroxyl groups is 1. The standard InChI is InChI=1S/C14H21FO2/c1-10(2)6-11(3)9-17-14-5-4-12(8-16)7-13(14)15/h4-5,7,10-11,16H,6,8-9H2,1-3H3. The first-order chi connectivity index (χ1) is 8.02. The van der Waals surface area contributed by atoms with Crippen molar-refractivity contribution in [3.05, 3.63) is 29.6 Å². The molecular weight excluding hydrogens is 219 g/mol. The molecule has 1 N–H and O–H groups in total. The van der Waals surface area contributed by atoms with E-state index in [2.05, 4.69) is 20.8 Å². The van der Waals surface area contributed by atoms with Gasteiger partial charge in [-0.2, -0.15) is 0 Å². The molecule has 96 valence electrons. The van der Waals surface area contributed by atoms with Gasteiger partial charge in [0.25, 0.3) is 0 Å². The largest absolute Gasteiger partial charge is 0.490 e. The molecule has 2 nitrogen and oxygen atoms in total. The number of halogens is 1. The molecule has 0 heterocycles. The molecule has 0 amide bonds. The van der Waals surface area contributed by atoms with Crippen LogP contribution in [0.15, 0.2) is 18.2 Å². The van der Waals surface area contributed by atoms with Crippen LogP contribution < -0.4 is 4.74 Å². The van der Waals surface area contributed by atoms with Gasteiger partial charge in [-0.1, -0.05) is 26.8 Å². The molecule has 0 saturated heterocycles. The predicted molar refractivity (Wildman–Crippen MR) is 66.4 cm³/mol. The molecule has 0 aliphatic rings. The highest BCUT2D eigenvalue weighted by atomic mass is 19.1. The fourth-order valence-corrected chi connectivity index (χ4v) is 1.86. The van der Waals surface area contributed by atoms with Crippen molar-refractivity contribution in [1.29, 1.82) is 0 Å². The second-order valence-corrected chi connectivity index (χ2v) is 4.97. The van der Waals surface area contributed by atoms with Gasteiger partial charge in [0.15, 0.2) is 11.6 Å². The molecule has 0 fully saturated rings. The van der Waals surface area contributed by atoms with Crippen molar-refractivity contribution in [2.45, 2.75) is 33.8 Å². The predicted octanol–water partition coefficient (Wildman–Crippen LogP) is 3.38. The molecule has 3 heteroatoms. The third-order valence-electron chi connectivity index (χ3n) is 2.58. The van der Waals surface area contributed by atoms with E-state index in [1.54, 1.807) is 12.1 Å². The summed E-state index contributed by atoms with van der Waals surface area (Å²) in [5.41, 5.74) is 0.560. The Morgan fingerprint density at radius 1 is 1.29 bits per heavy atom. The number of hydrogen-bond donors (Lipinski definition) is 1. The van der Waals surface area contributed by atoms with Gasteiger partial charge in [-0.05, 0) is 36.0 Å². The van der Waals surface area contributed by atoms with Crippen LogP contribution in [0, 0.1) is 17.7 Å². The van der Waals surface area contributed by atoms with Crippen molar-refractivity contribution in [3.8, 4) is 5.75 Å². The number of rotatable bonds is 6. The minimum Gasteiger partial charge on any atom is -0.490 e. The van der Waals surface area contributed by atoms with E-state index in [1.807, 2.05) is 0 Å². The van der Waals surface area contributed by atoms with Crippen molar-refractivity contribution >= 4 is 0 Å². The smallest absolute Gasteiger partial charge is 0.165 e. The maximum atomic E-state index is 13.5. The Balaban J connectivity index is 2.51. The van der Waals surface area contributed by atoms with Crippen LogP contribution >= 0.6 is 0 Å². The maximum absolute atomic E-state index is 13.5. The molecule has 1 atom stereocenters. The summed E-state index contributed by atoms with van der Waals surface area (Å²) < 4.78 is 19.0. The molecule has 17 heavy (non-hydrogen) atoms. The maximum Gasteiger partial charge on any atom is 0.165 e. The van der Waals surface area contributed by atoms with Gasteiger partial charge in [0, 0.05) is 0 Å². The lowest BCUT2D eigenvalue weighted by atomic mass is 10.00. The quantitative estimate of drug-likeness (QED) is 0.826. The van der Waals surface area contributed by atoms with Gasteiger partial charge in [-0.15, -0.1) is 0 Å². The second-order valence-electron chi connectivity index (χ2n) is 4.97. The van der Waals surface area contributed by atoms with Crippen LogP contribution in [0.25, 0.3) is 0 Å². The highest BCUT2D eigenvalue weighted by molar-refractivity contribution is 5.28. The lowest BCUT2D eigenvalue weighted by Gasteiger charge is -2.15. The Morgan fingerprint density at radius 2 is 2.00 bits per heavy atom. The normalized spacial score (nSPS) is 12.8. The van der Waals surface area contributed by atoms with E-state index in [1.165, 1.54) is 6.07 Å². The monoisotopic (exact) mass is 240 g/mol. The average Bonchev–Trinajstić information content (AvgIpc) is 2.26. The summed E-state index contributed by atoms with van der Waals surface area (Å²) in [5, 5.41) is 8.86. The SMILES string of the molecule is CC(C)CC(C)COc1ccc(CO)cc1F. The molecule has 1 rings (SSSR count). The van der Waals surface area contributed by atoms with Crippen LogP contribution in [0.4, 0.5) is 4.39 Å². The topological polar surface area (TPSA) is 29.5 Å². The van der Waals surface area contributed by atoms with Gasteiger partial charge in [0.2, 0.25) is 0 Å². The Bertz CT molecular complexity index is 350. The molecule has 0 aromatic heterocycles. The average molecular weight is 240 g/mol. The first-order valence-corrected chi connectivity index (χ1v) is 6.05. The van der Waals surface area contributed by atoms with Crippen LogP contribution in [0.5, 0.6) is 5.75 Å². The third kappa shape index (κ3) is 4.73. The Kier molecular flexibility index (Phi) is 5.42. The minimum atomic E-state index is -0.409. The molecule has 0 bridgehead atoms. The van der Waals surface area contributed by atoms with Gasteiger partial charge >= 0.3 is 0 Å². The first kappa shape index (κ1) is 14.0. The van der Waals surface area contributed by atoms with Crippen molar-refractivity contribution in [1.82, 2.24) is 0 Å². The Morgan fingerprint density at radius 3 is 2.53 bits per heavy atom. The van der Waals surface area contributed by atoms with E-state index >= 15 is 0 Å². The lowest BCUT2D eigenvalue weighted by Crippen LogP contribution is -2.11. The summed E-state index contributed by atoms with van der Waals surface area (Å²) >= 11 is 0. The molecule has 0 spiro atoms. The van der Waals surface area contributed by atoms with Crippen LogP contribution in [0.2, 0.25) is 0 Å². The van der Waals surface area contributed by atoms with E-state index in [0.29, 0.717) is 24.0 Å². The van der Waals surface area contributed by atoms with E-state index in [4.69, 9.17) is 9.84 Å². The van der Waals surface area contributed by atoms with Gasteiger partial charge in [0.1, 0.15) is 0 Å². The molecule has 1 aromatic rings. The highest BCUT2D eigenvalue weighted by Crippen LogP contribution is 2.20. The van der Waals surface area contributed by atoms with Crippen LogP contribution in [-0.4, -0.2) is 11.7 Å². The summed E-state index contributed by atoms with van der Waals surface area (Å²) in [4.78, 5) is 0. The zero-order chi connectivity index (χ0) is 12.8. The van der Waals surface area contributed by atoms with Gasteiger partial charge in [-0.3, -0.25) is 0 Å². The number of benzene rings is 1. The first-order valence-electron chi connectivity index (χ1n) is 6.05. The number of hydrogen-bond acceptors (Lipinski definition) is 2. The Labute approximate surface area is 102 Å². The molecular formula is C14H21FO2. The summed E-state index contributed by atoms with van der Waals surface area (Å²) in [6.07, 6.45) is 1.07. The molecule has 0 aliphatic heterocycles. The van der Waals surface area contributed by atoms with E-state index in [-0.39, 0.29) is 12.4 Å². The van der Waals surface area contributed by atoms with Crippen LogP contribution in [0.3, 0.4) is 0 Å². The van der Waals surface area contributed by atoms with Gasteiger partial charge in [0.05, 0.1) is 13.2 Å². The minimum absolute atomic E-state index is 0.152. The molecule has 1 aromatic carbocycles. The fourth-order valence-electron chi connectivity index (χ4n) is 1.86. The molecule has 1 unspecified atom stereocenters. The lowest BCUT2D eigenvalue weighted by molar-refractivity contribution is 0.229. The summed E-state index contributed by atoms with van der Waals surface area (Å²) in [6, 6.07) is 4.55. The zero-order valence-electron chi connectivity index (χ0n) is 10.7. The third-order valence-corrected chi connectivity index (χ3v) is 2.58. The summed E-state index contributed by atoms with van der Waals surface area (Å²) in [7, 11) is 0. The van der Waals surface area contributed by atoms with Crippen molar-refractivity contribution in [3.63, 3.8) is 0 Å². The highest BCUT2D eigenvalue weighted by Gasteiger charge is 2.09. The van der Waals surface area contributed by atoms with E-state index < -0.39 is 5.82 Å². The second kappa shape index (κ2) is 6.60. The van der Waals surface area contributed by atoms with Crippen molar-refractivity contribution in [2.75, 3.05) is 6.61 Å². The molecule has 0 aliphatic carbocycles. The summed E-state index contributed by atoms with van der Waals surface area (Å²) in [6.45, 7) is 6.79. The van der Waals surface area contributed by atoms with Gasteiger partial charge < -0.3 is 9.84 Å². The number of aliphatic hydroxyl groups excluding tert-OH is 1. The van der Waals surface area contributed by atoms with E-state index in [9.17, 15) is 4.39 Å². The fraction of sp³-hybridized carbons (Fsp3) is 0.571. The number of ether oxygens (including phenoxy) is 1. The van der Waals surface area contributed by atoms with Gasteiger partial charge in [-0.25, -0.2) is 4.39 Å².